The monoisotopic (exact) mass is 280 g/mol. The SMILES string of the molecule is CC(O)c1csc(NC(=O)c2cc(O)cc(O)c2)n1. The van der Waals surface area contributed by atoms with Gasteiger partial charge in [0.05, 0.1) is 11.8 Å². The summed E-state index contributed by atoms with van der Waals surface area (Å²) in [6.45, 7) is 1.58. The summed E-state index contributed by atoms with van der Waals surface area (Å²) in [7, 11) is 0. The van der Waals surface area contributed by atoms with Crippen LogP contribution in [0.4, 0.5) is 5.13 Å². The largest absolute Gasteiger partial charge is 0.508 e. The van der Waals surface area contributed by atoms with Gasteiger partial charge in [0.15, 0.2) is 5.13 Å². The molecule has 0 saturated carbocycles. The van der Waals surface area contributed by atoms with E-state index in [9.17, 15) is 20.1 Å². The van der Waals surface area contributed by atoms with Gasteiger partial charge in [-0.3, -0.25) is 10.1 Å². The first-order valence-corrected chi connectivity index (χ1v) is 6.31. The number of nitrogens with one attached hydrogen (secondary N) is 1. The fourth-order valence-corrected chi connectivity index (χ4v) is 2.22. The molecule has 0 aliphatic rings. The molecule has 7 heteroatoms. The molecule has 1 atom stereocenters. The van der Waals surface area contributed by atoms with Crippen LogP contribution >= 0.6 is 11.3 Å². The van der Waals surface area contributed by atoms with E-state index in [1.54, 1.807) is 12.3 Å². The third-order valence-electron chi connectivity index (χ3n) is 2.34. The third-order valence-corrected chi connectivity index (χ3v) is 3.11. The first kappa shape index (κ1) is 13.3. The molecule has 0 fully saturated rings. The zero-order chi connectivity index (χ0) is 14.0. The van der Waals surface area contributed by atoms with Crippen LogP contribution in [0, 0.1) is 0 Å². The Morgan fingerprint density at radius 1 is 1.32 bits per heavy atom. The average Bonchev–Trinajstić information content (AvgIpc) is 2.76. The van der Waals surface area contributed by atoms with Gasteiger partial charge in [0.2, 0.25) is 0 Å². The molecule has 0 radical (unpaired) electrons. The van der Waals surface area contributed by atoms with E-state index in [1.807, 2.05) is 0 Å². The van der Waals surface area contributed by atoms with Gasteiger partial charge in [-0.2, -0.15) is 0 Å². The molecule has 1 aromatic carbocycles. The molecule has 1 aromatic heterocycles. The van der Waals surface area contributed by atoms with Crippen LogP contribution in [0.2, 0.25) is 0 Å². The van der Waals surface area contributed by atoms with Crippen molar-refractivity contribution in [3.63, 3.8) is 0 Å². The molecule has 0 bridgehead atoms. The Morgan fingerprint density at radius 3 is 2.47 bits per heavy atom. The number of benzene rings is 1. The van der Waals surface area contributed by atoms with Gasteiger partial charge in [-0.05, 0) is 19.1 Å². The van der Waals surface area contributed by atoms with Crippen LogP contribution in [0.5, 0.6) is 11.5 Å². The molecule has 2 aromatic rings. The van der Waals surface area contributed by atoms with Crippen LogP contribution in [-0.4, -0.2) is 26.2 Å². The van der Waals surface area contributed by atoms with Gasteiger partial charge < -0.3 is 15.3 Å². The highest BCUT2D eigenvalue weighted by molar-refractivity contribution is 7.14. The summed E-state index contributed by atoms with van der Waals surface area (Å²) < 4.78 is 0. The first-order chi connectivity index (χ1) is 8.95. The minimum absolute atomic E-state index is 0.117. The predicted molar refractivity (Wildman–Crippen MR) is 70.5 cm³/mol. The van der Waals surface area contributed by atoms with Gasteiger partial charge in [-0.25, -0.2) is 4.98 Å². The van der Waals surface area contributed by atoms with Crippen LogP contribution in [0.15, 0.2) is 23.6 Å². The minimum atomic E-state index is -0.702. The maximum atomic E-state index is 11.9. The fourth-order valence-electron chi connectivity index (χ4n) is 1.43. The molecule has 2 rings (SSSR count). The summed E-state index contributed by atoms with van der Waals surface area (Å²) in [5, 5.41) is 32.4. The van der Waals surface area contributed by atoms with Crippen molar-refractivity contribution in [2.45, 2.75) is 13.0 Å². The number of aromatic hydroxyl groups is 2. The second-order valence-corrected chi connectivity index (χ2v) is 4.80. The molecule has 6 nitrogen and oxygen atoms in total. The van der Waals surface area contributed by atoms with Gasteiger partial charge >= 0.3 is 0 Å². The Labute approximate surface area is 113 Å². The van der Waals surface area contributed by atoms with Gasteiger partial charge in [0.1, 0.15) is 11.5 Å². The number of aliphatic hydroxyl groups excluding tert-OH is 1. The zero-order valence-electron chi connectivity index (χ0n) is 9.99. The molecule has 100 valence electrons. The van der Waals surface area contributed by atoms with E-state index in [4.69, 9.17) is 0 Å². The van der Waals surface area contributed by atoms with Crippen molar-refractivity contribution in [2.24, 2.45) is 0 Å². The van der Waals surface area contributed by atoms with Crippen molar-refractivity contribution >= 4 is 22.4 Å². The van der Waals surface area contributed by atoms with Gasteiger partial charge in [0, 0.05) is 17.0 Å². The van der Waals surface area contributed by atoms with Crippen molar-refractivity contribution in [1.82, 2.24) is 4.98 Å². The molecule has 0 saturated heterocycles. The molecular formula is C12H12N2O4S. The number of aliphatic hydroxyl groups is 1. The van der Waals surface area contributed by atoms with Crippen LogP contribution in [0.1, 0.15) is 29.1 Å². The Morgan fingerprint density at radius 2 is 1.95 bits per heavy atom. The number of thiazole rings is 1. The van der Waals surface area contributed by atoms with E-state index in [1.165, 1.54) is 23.5 Å². The van der Waals surface area contributed by atoms with E-state index < -0.39 is 12.0 Å². The number of phenolic OH excluding ortho intramolecular Hbond substituents is 2. The van der Waals surface area contributed by atoms with Crippen LogP contribution in [-0.2, 0) is 0 Å². The Bertz CT molecular complexity index is 589. The third kappa shape index (κ3) is 3.21. The van der Waals surface area contributed by atoms with Gasteiger partial charge in [-0.1, -0.05) is 0 Å². The molecule has 0 aliphatic carbocycles. The van der Waals surface area contributed by atoms with Crippen LogP contribution in [0.25, 0.3) is 0 Å². The maximum absolute atomic E-state index is 11.9. The lowest BCUT2D eigenvalue weighted by Crippen LogP contribution is -2.11. The summed E-state index contributed by atoms with van der Waals surface area (Å²) in [5.41, 5.74) is 0.588. The minimum Gasteiger partial charge on any atom is -0.508 e. The number of amides is 1. The van der Waals surface area contributed by atoms with Crippen LogP contribution < -0.4 is 5.32 Å². The Balaban J connectivity index is 2.15. The lowest BCUT2D eigenvalue weighted by atomic mass is 10.2. The van der Waals surface area contributed by atoms with Gasteiger partial charge in [-0.15, -0.1) is 11.3 Å². The molecular weight excluding hydrogens is 268 g/mol. The van der Waals surface area contributed by atoms with Crippen molar-refractivity contribution in [2.75, 3.05) is 5.32 Å². The number of anilines is 1. The fraction of sp³-hybridized carbons (Fsp3) is 0.167. The highest BCUT2D eigenvalue weighted by Crippen LogP contribution is 2.23. The second-order valence-electron chi connectivity index (χ2n) is 3.95. The molecule has 19 heavy (non-hydrogen) atoms. The quantitative estimate of drug-likeness (QED) is 0.687. The zero-order valence-corrected chi connectivity index (χ0v) is 10.8. The molecule has 0 aliphatic heterocycles. The van der Waals surface area contributed by atoms with Crippen LogP contribution in [0.3, 0.4) is 0 Å². The Kier molecular flexibility index (Phi) is 3.68. The number of phenols is 2. The standard InChI is InChI=1S/C12H12N2O4S/c1-6(15)10-5-19-12(13-10)14-11(18)7-2-8(16)4-9(17)3-7/h2-6,15-17H,1H3,(H,13,14,18). The molecule has 4 N–H and O–H groups in total. The number of nitrogens with zero attached hydrogens (tertiary/aromatic N) is 1. The molecule has 1 amide bonds. The van der Waals surface area contributed by atoms with E-state index in [2.05, 4.69) is 10.3 Å². The number of aromatic nitrogens is 1. The normalized spacial score (nSPS) is 12.1. The summed E-state index contributed by atoms with van der Waals surface area (Å²) in [4.78, 5) is 15.9. The number of hydrogen-bond donors (Lipinski definition) is 4. The lowest BCUT2D eigenvalue weighted by molar-refractivity contribution is 0.102. The molecule has 1 heterocycles. The summed E-state index contributed by atoms with van der Waals surface area (Å²) in [6.07, 6.45) is -0.702. The second kappa shape index (κ2) is 5.25. The average molecular weight is 280 g/mol. The van der Waals surface area contributed by atoms with E-state index in [0.29, 0.717) is 10.8 Å². The van der Waals surface area contributed by atoms with Gasteiger partial charge in [0.25, 0.3) is 5.91 Å². The maximum Gasteiger partial charge on any atom is 0.257 e. The lowest BCUT2D eigenvalue weighted by Gasteiger charge is -2.03. The number of hydrogen-bond acceptors (Lipinski definition) is 6. The summed E-state index contributed by atoms with van der Waals surface area (Å²) in [5.74, 6) is -0.902. The summed E-state index contributed by atoms with van der Waals surface area (Å²) in [6, 6.07) is 3.60. The highest BCUT2D eigenvalue weighted by Gasteiger charge is 2.12. The van der Waals surface area contributed by atoms with E-state index in [0.717, 1.165) is 6.07 Å². The number of rotatable bonds is 3. The van der Waals surface area contributed by atoms with Crippen molar-refractivity contribution < 1.29 is 20.1 Å². The highest BCUT2D eigenvalue weighted by atomic mass is 32.1. The smallest absolute Gasteiger partial charge is 0.257 e. The molecule has 1 unspecified atom stereocenters. The molecule has 0 spiro atoms. The topological polar surface area (TPSA) is 103 Å². The number of carbonyl (C=O) groups excluding carboxylic acids is 1. The first-order valence-electron chi connectivity index (χ1n) is 5.43. The number of carbonyl (C=O) groups is 1. The predicted octanol–water partition coefficient (Wildman–Crippen LogP) is 1.86. The van der Waals surface area contributed by atoms with E-state index >= 15 is 0 Å². The van der Waals surface area contributed by atoms with Crippen molar-refractivity contribution in [3.8, 4) is 11.5 Å². The Hall–Kier alpha value is -2.12. The van der Waals surface area contributed by atoms with E-state index in [-0.39, 0.29) is 17.1 Å². The summed E-state index contributed by atoms with van der Waals surface area (Å²) >= 11 is 1.18. The van der Waals surface area contributed by atoms with Crippen molar-refractivity contribution in [3.05, 3.63) is 34.8 Å². The van der Waals surface area contributed by atoms with Crippen molar-refractivity contribution in [1.29, 1.82) is 0 Å².